The van der Waals surface area contributed by atoms with Crippen molar-refractivity contribution in [2.24, 2.45) is 0 Å². The van der Waals surface area contributed by atoms with Gasteiger partial charge in [0.25, 0.3) is 0 Å². The van der Waals surface area contributed by atoms with Crippen molar-refractivity contribution >= 4 is 11.5 Å². The molecule has 0 saturated heterocycles. The summed E-state index contributed by atoms with van der Waals surface area (Å²) >= 11 is 0. The first kappa shape index (κ1) is 13.4. The van der Waals surface area contributed by atoms with Gasteiger partial charge in [0.15, 0.2) is 5.82 Å². The van der Waals surface area contributed by atoms with E-state index < -0.39 is 0 Å². The molecule has 0 spiro atoms. The molecule has 0 bridgehead atoms. The summed E-state index contributed by atoms with van der Waals surface area (Å²) in [4.78, 5) is 7.05. The second kappa shape index (κ2) is 5.81. The van der Waals surface area contributed by atoms with Gasteiger partial charge in [-0.25, -0.2) is 4.98 Å². The first-order valence-electron chi connectivity index (χ1n) is 7.39. The van der Waals surface area contributed by atoms with Crippen molar-refractivity contribution in [2.45, 2.75) is 32.4 Å². The fraction of sp³-hybridized carbons (Fsp3) is 0.533. The predicted octanol–water partition coefficient (Wildman–Crippen LogP) is 1.40. The Kier molecular flexibility index (Phi) is 3.89. The Bertz CT molecular complexity index is 576. The maximum absolute atomic E-state index is 9.32. The third-order valence-corrected chi connectivity index (χ3v) is 3.75. The molecule has 1 saturated carbocycles. The molecular formula is C15H22N4O. The second-order valence-corrected chi connectivity index (χ2v) is 5.24. The number of hydrogen-bond acceptors (Lipinski definition) is 4. The molecule has 1 fully saturated rings. The molecular weight excluding hydrogens is 252 g/mol. The fourth-order valence-electron chi connectivity index (χ4n) is 2.63. The highest BCUT2D eigenvalue weighted by molar-refractivity contribution is 5.57. The maximum Gasteiger partial charge on any atom is 0.152 e. The summed E-state index contributed by atoms with van der Waals surface area (Å²) in [5.74, 6) is 1.02. The lowest BCUT2D eigenvalue weighted by Gasteiger charge is -2.22. The zero-order chi connectivity index (χ0) is 13.9. The number of fused-ring (bicyclic) bond motifs is 1. The van der Waals surface area contributed by atoms with Gasteiger partial charge in [0.2, 0.25) is 0 Å². The Morgan fingerprint density at radius 2 is 2.30 bits per heavy atom. The fourth-order valence-corrected chi connectivity index (χ4v) is 2.63. The molecule has 0 radical (unpaired) electrons. The smallest absolute Gasteiger partial charge is 0.152 e. The van der Waals surface area contributed by atoms with E-state index in [0.29, 0.717) is 12.6 Å². The number of anilines is 1. The number of pyridine rings is 1. The van der Waals surface area contributed by atoms with Gasteiger partial charge in [-0.3, -0.25) is 0 Å². The van der Waals surface area contributed by atoms with Crippen LogP contribution in [0, 0.1) is 0 Å². The number of aliphatic hydroxyl groups excluding tert-OH is 1. The highest BCUT2D eigenvalue weighted by Gasteiger charge is 2.32. The van der Waals surface area contributed by atoms with E-state index in [1.807, 2.05) is 18.2 Å². The summed E-state index contributed by atoms with van der Waals surface area (Å²) < 4.78 is 2.14. The van der Waals surface area contributed by atoms with Crippen LogP contribution < -0.4 is 10.2 Å². The number of hydrogen-bond donors (Lipinski definition) is 2. The third kappa shape index (κ3) is 2.51. The van der Waals surface area contributed by atoms with E-state index >= 15 is 0 Å². The van der Waals surface area contributed by atoms with Crippen molar-refractivity contribution < 1.29 is 5.11 Å². The Balaban J connectivity index is 2.02. The summed E-state index contributed by atoms with van der Waals surface area (Å²) in [6.45, 7) is 4.67. The van der Waals surface area contributed by atoms with Gasteiger partial charge >= 0.3 is 0 Å². The monoisotopic (exact) mass is 274 g/mol. The van der Waals surface area contributed by atoms with Crippen molar-refractivity contribution in [2.75, 3.05) is 24.6 Å². The number of aliphatic hydroxyl groups is 1. The van der Waals surface area contributed by atoms with Crippen molar-refractivity contribution in [3.8, 4) is 0 Å². The molecule has 0 unspecified atom stereocenters. The SMILES string of the molecule is CCNCc1c(N(CCO)C2CC2)nc2ccccn12. The van der Waals surface area contributed by atoms with Crippen molar-refractivity contribution in [3.05, 3.63) is 30.1 Å². The lowest BCUT2D eigenvalue weighted by molar-refractivity contribution is 0.301. The van der Waals surface area contributed by atoms with Gasteiger partial charge in [0.1, 0.15) is 5.65 Å². The number of rotatable bonds is 7. The van der Waals surface area contributed by atoms with Crippen LogP contribution >= 0.6 is 0 Å². The van der Waals surface area contributed by atoms with Gasteiger partial charge < -0.3 is 19.7 Å². The topological polar surface area (TPSA) is 52.8 Å². The molecule has 1 aliphatic rings. The molecule has 108 valence electrons. The van der Waals surface area contributed by atoms with Crippen molar-refractivity contribution in [3.63, 3.8) is 0 Å². The van der Waals surface area contributed by atoms with E-state index in [9.17, 15) is 5.11 Å². The molecule has 3 rings (SSSR count). The van der Waals surface area contributed by atoms with Gasteiger partial charge in [-0.15, -0.1) is 0 Å². The zero-order valence-corrected chi connectivity index (χ0v) is 11.9. The van der Waals surface area contributed by atoms with Gasteiger partial charge in [0, 0.05) is 25.3 Å². The maximum atomic E-state index is 9.32. The Hall–Kier alpha value is -1.59. The number of nitrogens with zero attached hydrogens (tertiary/aromatic N) is 3. The molecule has 0 aromatic carbocycles. The van der Waals surface area contributed by atoms with E-state index in [-0.39, 0.29) is 6.61 Å². The van der Waals surface area contributed by atoms with Crippen molar-refractivity contribution in [1.82, 2.24) is 14.7 Å². The average Bonchev–Trinajstić information content (AvgIpc) is 3.24. The Morgan fingerprint density at radius 3 is 3.00 bits per heavy atom. The van der Waals surface area contributed by atoms with Crippen LogP contribution in [0.1, 0.15) is 25.5 Å². The molecule has 0 atom stereocenters. The molecule has 1 aliphatic carbocycles. The number of aromatic nitrogens is 2. The van der Waals surface area contributed by atoms with E-state index in [1.165, 1.54) is 18.5 Å². The molecule has 5 heteroatoms. The van der Waals surface area contributed by atoms with Crippen LogP contribution in [0.2, 0.25) is 0 Å². The largest absolute Gasteiger partial charge is 0.395 e. The first-order valence-corrected chi connectivity index (χ1v) is 7.39. The molecule has 2 N–H and O–H groups in total. The minimum atomic E-state index is 0.172. The molecule has 2 aromatic rings. The molecule has 0 amide bonds. The standard InChI is InChI=1S/C15H22N4O/c1-2-16-11-13-15(18(9-10-20)12-6-7-12)17-14-5-3-4-8-19(13)14/h3-5,8,12,16,20H,2,6-7,9-11H2,1H3. The lowest BCUT2D eigenvalue weighted by atomic mass is 10.3. The molecule has 0 aliphatic heterocycles. The summed E-state index contributed by atoms with van der Waals surface area (Å²) in [5, 5.41) is 12.7. The second-order valence-electron chi connectivity index (χ2n) is 5.24. The van der Waals surface area contributed by atoms with Gasteiger partial charge in [-0.1, -0.05) is 13.0 Å². The average molecular weight is 274 g/mol. The van der Waals surface area contributed by atoms with Crippen LogP contribution in [-0.2, 0) is 6.54 Å². The number of imidazole rings is 1. The van der Waals surface area contributed by atoms with Crippen LogP contribution in [-0.4, -0.2) is 40.2 Å². The summed E-state index contributed by atoms with van der Waals surface area (Å²) in [6, 6.07) is 6.62. The van der Waals surface area contributed by atoms with E-state index in [1.54, 1.807) is 0 Å². The minimum absolute atomic E-state index is 0.172. The van der Waals surface area contributed by atoms with Crippen LogP contribution in [0.4, 0.5) is 5.82 Å². The molecule has 2 aromatic heterocycles. The van der Waals surface area contributed by atoms with Crippen LogP contribution in [0.5, 0.6) is 0 Å². The van der Waals surface area contributed by atoms with E-state index in [4.69, 9.17) is 4.98 Å². The van der Waals surface area contributed by atoms with Gasteiger partial charge in [0.05, 0.1) is 12.3 Å². The molecule has 5 nitrogen and oxygen atoms in total. The van der Waals surface area contributed by atoms with Gasteiger partial charge in [-0.05, 0) is 31.5 Å². The van der Waals surface area contributed by atoms with Gasteiger partial charge in [-0.2, -0.15) is 0 Å². The zero-order valence-electron chi connectivity index (χ0n) is 11.9. The highest BCUT2D eigenvalue weighted by atomic mass is 16.3. The summed E-state index contributed by atoms with van der Waals surface area (Å²) in [5.41, 5.74) is 2.15. The quantitative estimate of drug-likeness (QED) is 0.801. The predicted molar refractivity (Wildman–Crippen MR) is 80.0 cm³/mol. The van der Waals surface area contributed by atoms with Crippen LogP contribution in [0.3, 0.4) is 0 Å². The molecule has 2 heterocycles. The molecule has 20 heavy (non-hydrogen) atoms. The Labute approximate surface area is 119 Å². The highest BCUT2D eigenvalue weighted by Crippen LogP contribution is 2.33. The minimum Gasteiger partial charge on any atom is -0.395 e. The van der Waals surface area contributed by atoms with E-state index in [0.717, 1.165) is 24.6 Å². The van der Waals surface area contributed by atoms with Crippen LogP contribution in [0.25, 0.3) is 5.65 Å². The third-order valence-electron chi connectivity index (χ3n) is 3.75. The van der Waals surface area contributed by atoms with Crippen LogP contribution in [0.15, 0.2) is 24.4 Å². The first-order chi connectivity index (χ1) is 9.85. The normalized spacial score (nSPS) is 14.9. The summed E-state index contributed by atoms with van der Waals surface area (Å²) in [7, 11) is 0. The Morgan fingerprint density at radius 1 is 1.45 bits per heavy atom. The van der Waals surface area contributed by atoms with Crippen molar-refractivity contribution in [1.29, 1.82) is 0 Å². The lowest BCUT2D eigenvalue weighted by Crippen LogP contribution is -2.31. The summed E-state index contributed by atoms with van der Waals surface area (Å²) in [6.07, 6.45) is 4.46. The van der Waals surface area contributed by atoms with E-state index in [2.05, 4.69) is 27.7 Å². The number of nitrogens with one attached hydrogen (secondary N) is 1.